The summed E-state index contributed by atoms with van der Waals surface area (Å²) in [6.45, 7) is 0.421. The standard InChI is InChI=1S/C33H22N8O4/c34-15-25-31(35)45-30-24(13-14-27-29(30)22-5-1-3-7-26(22)36-27)33(25)23-6-2-4-8-28(23)40(32(33)42)18-20-17-39(38-37-20)16-19-9-11-21(12-10-19)41(43)44/h1-14,17,36H,16,18,35H2. The van der Waals surface area contributed by atoms with Crippen LogP contribution in [0.25, 0.3) is 21.8 Å². The van der Waals surface area contributed by atoms with Gasteiger partial charge >= 0.3 is 0 Å². The lowest BCUT2D eigenvalue weighted by Gasteiger charge is -2.34. The molecule has 2 aromatic heterocycles. The fourth-order valence-electron chi connectivity index (χ4n) is 6.60. The first-order chi connectivity index (χ1) is 21.9. The molecule has 0 saturated heterocycles. The molecule has 12 heteroatoms. The van der Waals surface area contributed by atoms with Crippen LogP contribution in [0, 0.1) is 21.4 Å². The summed E-state index contributed by atoms with van der Waals surface area (Å²) in [6.07, 6.45) is 1.73. The van der Waals surface area contributed by atoms with E-state index in [1.54, 1.807) is 27.9 Å². The molecule has 0 fully saturated rings. The molecule has 8 rings (SSSR count). The molecule has 218 valence electrons. The highest BCUT2D eigenvalue weighted by molar-refractivity contribution is 6.17. The molecule has 1 amide bonds. The van der Waals surface area contributed by atoms with Crippen LogP contribution in [-0.4, -0.2) is 30.8 Å². The monoisotopic (exact) mass is 594 g/mol. The second kappa shape index (κ2) is 9.51. The number of carbonyl (C=O) groups is 1. The van der Waals surface area contributed by atoms with E-state index in [2.05, 4.69) is 21.4 Å². The van der Waals surface area contributed by atoms with Crippen molar-refractivity contribution < 1.29 is 14.5 Å². The quantitative estimate of drug-likeness (QED) is 0.212. The van der Waals surface area contributed by atoms with Crippen molar-refractivity contribution in [2.75, 3.05) is 4.90 Å². The summed E-state index contributed by atoms with van der Waals surface area (Å²) in [6, 6.07) is 27.3. The van der Waals surface area contributed by atoms with Crippen molar-refractivity contribution in [3.8, 4) is 11.8 Å². The van der Waals surface area contributed by atoms with Gasteiger partial charge in [-0.25, -0.2) is 4.68 Å². The van der Waals surface area contributed by atoms with Crippen LogP contribution in [0.1, 0.15) is 22.4 Å². The van der Waals surface area contributed by atoms with Gasteiger partial charge in [-0.1, -0.05) is 59.8 Å². The molecule has 0 bridgehead atoms. The van der Waals surface area contributed by atoms with Crippen LogP contribution in [0.3, 0.4) is 0 Å². The lowest BCUT2D eigenvalue weighted by atomic mass is 9.68. The van der Waals surface area contributed by atoms with E-state index in [4.69, 9.17) is 10.5 Å². The highest BCUT2D eigenvalue weighted by Crippen LogP contribution is 2.57. The van der Waals surface area contributed by atoms with Gasteiger partial charge in [-0.15, -0.1) is 5.10 Å². The molecule has 4 heterocycles. The summed E-state index contributed by atoms with van der Waals surface area (Å²) < 4.78 is 7.79. The van der Waals surface area contributed by atoms with E-state index in [1.165, 1.54) is 12.1 Å². The van der Waals surface area contributed by atoms with Crippen molar-refractivity contribution in [1.82, 2.24) is 20.0 Å². The third kappa shape index (κ3) is 3.67. The molecule has 45 heavy (non-hydrogen) atoms. The molecule has 2 aliphatic heterocycles. The summed E-state index contributed by atoms with van der Waals surface area (Å²) >= 11 is 0. The van der Waals surface area contributed by atoms with E-state index in [9.17, 15) is 20.2 Å². The molecule has 1 atom stereocenters. The highest BCUT2D eigenvalue weighted by Gasteiger charge is 2.59. The summed E-state index contributed by atoms with van der Waals surface area (Å²) in [5.74, 6) is -0.0424. The number of nitriles is 1. The normalized spacial score (nSPS) is 17.0. The predicted octanol–water partition coefficient (Wildman–Crippen LogP) is 4.79. The molecule has 1 unspecified atom stereocenters. The fourth-order valence-corrected chi connectivity index (χ4v) is 6.60. The topological polar surface area (TPSA) is 169 Å². The average Bonchev–Trinajstić information content (AvgIpc) is 3.72. The number of benzene rings is 4. The molecule has 0 aliphatic carbocycles. The van der Waals surface area contributed by atoms with E-state index in [0.717, 1.165) is 27.4 Å². The molecule has 2 aliphatic rings. The third-order valence-electron chi connectivity index (χ3n) is 8.54. The van der Waals surface area contributed by atoms with Gasteiger partial charge in [0.15, 0.2) is 0 Å². The van der Waals surface area contributed by atoms with Gasteiger partial charge in [0.05, 0.1) is 35.1 Å². The van der Waals surface area contributed by atoms with Crippen LogP contribution < -0.4 is 15.4 Å². The van der Waals surface area contributed by atoms with Gasteiger partial charge in [0.2, 0.25) is 11.8 Å². The number of nitrogens with two attached hydrogens (primary N) is 1. The number of anilines is 1. The number of non-ortho nitro benzene ring substituents is 1. The Morgan fingerprint density at radius 3 is 2.56 bits per heavy atom. The molecule has 3 N–H and O–H groups in total. The number of nitrogens with one attached hydrogen (secondary N) is 1. The van der Waals surface area contributed by atoms with Gasteiger partial charge in [-0.2, -0.15) is 5.26 Å². The van der Waals surface area contributed by atoms with Crippen LogP contribution in [0.15, 0.2) is 103 Å². The molecule has 0 saturated carbocycles. The second-order valence-electron chi connectivity index (χ2n) is 11.0. The average molecular weight is 595 g/mol. The van der Waals surface area contributed by atoms with E-state index < -0.39 is 10.3 Å². The highest BCUT2D eigenvalue weighted by atomic mass is 16.6. The number of fused-ring (bicyclic) bond motifs is 8. The Labute approximate surface area is 254 Å². The summed E-state index contributed by atoms with van der Waals surface area (Å²) in [5.41, 5.74) is 9.80. The van der Waals surface area contributed by atoms with Gasteiger partial charge in [0, 0.05) is 39.8 Å². The molecule has 1 spiro atoms. The Balaban J connectivity index is 1.23. The number of hydrogen-bond acceptors (Lipinski definition) is 8. The maximum Gasteiger partial charge on any atom is 0.269 e. The lowest BCUT2D eigenvalue weighted by Crippen LogP contribution is -2.45. The fraction of sp³-hybridized carbons (Fsp3) is 0.0909. The van der Waals surface area contributed by atoms with Crippen molar-refractivity contribution >= 4 is 39.1 Å². The Kier molecular flexibility index (Phi) is 5.53. The Morgan fingerprint density at radius 1 is 0.978 bits per heavy atom. The SMILES string of the molecule is N#CC1=C(N)Oc2c(ccc3[nH]c4ccccc4c23)C12C(=O)N(Cc1cn(Cc3ccc([N+](=O)[O-])cc3)nn1)c1ccccc12. The number of amides is 1. The lowest BCUT2D eigenvalue weighted by molar-refractivity contribution is -0.384. The zero-order valence-corrected chi connectivity index (χ0v) is 23.5. The summed E-state index contributed by atoms with van der Waals surface area (Å²) in [7, 11) is 0. The van der Waals surface area contributed by atoms with Crippen LogP contribution in [0.2, 0.25) is 0 Å². The number of rotatable bonds is 5. The molecule has 6 aromatic rings. The van der Waals surface area contributed by atoms with Crippen molar-refractivity contribution in [2.24, 2.45) is 5.73 Å². The first kappa shape index (κ1) is 26.2. The number of nitro benzene ring substituents is 1. The minimum Gasteiger partial charge on any atom is -0.439 e. The van der Waals surface area contributed by atoms with Gasteiger partial charge in [0.1, 0.15) is 28.5 Å². The molecule has 4 aromatic carbocycles. The number of para-hydroxylation sites is 2. The van der Waals surface area contributed by atoms with Crippen LogP contribution >= 0.6 is 0 Å². The zero-order chi connectivity index (χ0) is 30.9. The number of aromatic amines is 1. The number of H-pyrrole nitrogens is 1. The maximum atomic E-state index is 14.9. The minimum atomic E-state index is -1.54. The van der Waals surface area contributed by atoms with Crippen LogP contribution in [0.5, 0.6) is 5.75 Å². The van der Waals surface area contributed by atoms with Crippen molar-refractivity contribution in [2.45, 2.75) is 18.5 Å². The van der Waals surface area contributed by atoms with Crippen LogP contribution in [0.4, 0.5) is 11.4 Å². The summed E-state index contributed by atoms with van der Waals surface area (Å²) in [5, 5.41) is 31.7. The number of hydrogen-bond donors (Lipinski definition) is 2. The Hall–Kier alpha value is -6.48. The predicted molar refractivity (Wildman–Crippen MR) is 164 cm³/mol. The summed E-state index contributed by atoms with van der Waals surface area (Å²) in [4.78, 5) is 30.4. The van der Waals surface area contributed by atoms with Crippen molar-refractivity contribution in [3.63, 3.8) is 0 Å². The zero-order valence-electron chi connectivity index (χ0n) is 23.5. The molecular formula is C33H22N8O4. The first-order valence-corrected chi connectivity index (χ1v) is 14.1. The number of carbonyl (C=O) groups excluding carboxylic acids is 1. The van der Waals surface area contributed by atoms with E-state index in [1.807, 2.05) is 60.7 Å². The molecular weight excluding hydrogens is 572 g/mol. The van der Waals surface area contributed by atoms with E-state index in [-0.39, 0.29) is 29.6 Å². The number of nitrogens with zero attached hydrogens (tertiary/aromatic N) is 6. The van der Waals surface area contributed by atoms with Gasteiger partial charge < -0.3 is 20.4 Å². The second-order valence-corrected chi connectivity index (χ2v) is 11.0. The molecule has 12 nitrogen and oxygen atoms in total. The smallest absolute Gasteiger partial charge is 0.269 e. The van der Waals surface area contributed by atoms with E-state index in [0.29, 0.717) is 34.8 Å². The van der Waals surface area contributed by atoms with E-state index >= 15 is 0 Å². The van der Waals surface area contributed by atoms with Crippen molar-refractivity contribution in [3.05, 3.63) is 135 Å². The largest absolute Gasteiger partial charge is 0.439 e. The van der Waals surface area contributed by atoms with Crippen molar-refractivity contribution in [1.29, 1.82) is 5.26 Å². The third-order valence-corrected chi connectivity index (χ3v) is 8.54. The Bertz CT molecular complexity index is 2300. The van der Waals surface area contributed by atoms with Gasteiger partial charge in [-0.05, 0) is 23.8 Å². The maximum absolute atomic E-state index is 14.9. The molecule has 0 radical (unpaired) electrons. The minimum absolute atomic E-state index is 0.00436. The van der Waals surface area contributed by atoms with Gasteiger partial charge in [0.25, 0.3) is 5.69 Å². The number of aromatic nitrogens is 4. The van der Waals surface area contributed by atoms with Gasteiger partial charge in [-0.3, -0.25) is 14.9 Å². The first-order valence-electron chi connectivity index (χ1n) is 14.1. The number of ether oxygens (including phenoxy) is 1. The number of nitro groups is 1. The Morgan fingerprint density at radius 2 is 1.76 bits per heavy atom. The van der Waals surface area contributed by atoms with Crippen LogP contribution in [-0.2, 0) is 23.3 Å².